The molecular formula is C21H16INO2. The molecule has 0 saturated heterocycles. The van der Waals surface area contributed by atoms with E-state index in [9.17, 15) is 9.59 Å². The molecule has 0 heterocycles. The molecule has 0 aliphatic carbocycles. The van der Waals surface area contributed by atoms with Gasteiger partial charge in [0.25, 0.3) is 5.91 Å². The third kappa shape index (κ3) is 4.54. The molecule has 4 heteroatoms. The minimum atomic E-state index is -0.251. The summed E-state index contributed by atoms with van der Waals surface area (Å²) in [4.78, 5) is 24.3. The average Bonchev–Trinajstić information content (AvgIpc) is 2.67. The van der Waals surface area contributed by atoms with E-state index in [1.807, 2.05) is 54.6 Å². The standard InChI is InChI=1S/C21H16INO2/c22-19-12-10-17(11-13-19)20(24)14-23-21(25)18-8-6-16(7-9-18)15-4-2-1-3-5-15/h1-13H,14H2,(H,23,25). The van der Waals surface area contributed by atoms with E-state index in [1.165, 1.54) is 0 Å². The number of carbonyl (C=O) groups excluding carboxylic acids is 2. The molecular weight excluding hydrogens is 425 g/mol. The fraction of sp³-hybridized carbons (Fsp3) is 0.0476. The summed E-state index contributed by atoms with van der Waals surface area (Å²) in [6.45, 7) is -0.0140. The summed E-state index contributed by atoms with van der Waals surface area (Å²) in [5.74, 6) is -0.357. The van der Waals surface area contributed by atoms with E-state index in [0.717, 1.165) is 14.7 Å². The van der Waals surface area contributed by atoms with Crippen LogP contribution in [0.4, 0.5) is 0 Å². The van der Waals surface area contributed by atoms with Crippen LogP contribution < -0.4 is 5.32 Å². The van der Waals surface area contributed by atoms with Crippen molar-refractivity contribution in [3.8, 4) is 11.1 Å². The lowest BCUT2D eigenvalue weighted by Gasteiger charge is -2.06. The molecule has 0 saturated carbocycles. The van der Waals surface area contributed by atoms with Gasteiger partial charge in [-0.3, -0.25) is 9.59 Å². The molecule has 3 rings (SSSR count). The van der Waals surface area contributed by atoms with Crippen molar-refractivity contribution in [2.45, 2.75) is 0 Å². The van der Waals surface area contributed by atoms with Gasteiger partial charge in [-0.25, -0.2) is 0 Å². The first-order valence-corrected chi connectivity index (χ1v) is 8.94. The second-order valence-electron chi connectivity index (χ2n) is 5.56. The molecule has 0 radical (unpaired) electrons. The van der Waals surface area contributed by atoms with Crippen LogP contribution in [0.15, 0.2) is 78.9 Å². The molecule has 3 nitrogen and oxygen atoms in total. The molecule has 1 N–H and O–H groups in total. The van der Waals surface area contributed by atoms with E-state index in [2.05, 4.69) is 27.9 Å². The number of rotatable bonds is 5. The van der Waals surface area contributed by atoms with Crippen molar-refractivity contribution in [3.05, 3.63) is 93.6 Å². The zero-order valence-corrected chi connectivity index (χ0v) is 15.6. The number of hydrogen-bond acceptors (Lipinski definition) is 2. The number of hydrogen-bond donors (Lipinski definition) is 1. The smallest absolute Gasteiger partial charge is 0.251 e. The maximum Gasteiger partial charge on any atom is 0.251 e. The van der Waals surface area contributed by atoms with Gasteiger partial charge in [-0.1, -0.05) is 54.6 Å². The van der Waals surface area contributed by atoms with Gasteiger partial charge in [0, 0.05) is 14.7 Å². The number of Topliss-reactive ketones (excluding diaryl/α,β-unsaturated/α-hetero) is 1. The first-order chi connectivity index (χ1) is 12.1. The largest absolute Gasteiger partial charge is 0.345 e. The predicted molar refractivity (Wildman–Crippen MR) is 108 cm³/mol. The van der Waals surface area contributed by atoms with Gasteiger partial charge in [0.1, 0.15) is 0 Å². The zero-order chi connectivity index (χ0) is 17.6. The third-order valence-corrected chi connectivity index (χ3v) is 4.55. The average molecular weight is 441 g/mol. The van der Waals surface area contributed by atoms with Crippen molar-refractivity contribution in [2.24, 2.45) is 0 Å². The summed E-state index contributed by atoms with van der Waals surface area (Å²) < 4.78 is 1.07. The number of carbonyl (C=O) groups is 2. The molecule has 0 aliphatic heterocycles. The van der Waals surface area contributed by atoms with Crippen molar-refractivity contribution < 1.29 is 9.59 Å². The number of halogens is 1. The summed E-state index contributed by atoms with van der Waals surface area (Å²) in [7, 11) is 0. The fourth-order valence-electron chi connectivity index (χ4n) is 2.45. The molecule has 0 unspecified atom stereocenters. The minimum absolute atomic E-state index is 0.0140. The molecule has 0 atom stereocenters. The van der Waals surface area contributed by atoms with Gasteiger partial charge in [-0.2, -0.15) is 0 Å². The highest BCUT2D eigenvalue weighted by atomic mass is 127. The lowest BCUT2D eigenvalue weighted by atomic mass is 10.0. The molecule has 3 aromatic rings. The molecule has 0 aliphatic rings. The van der Waals surface area contributed by atoms with Crippen LogP contribution in [0.25, 0.3) is 11.1 Å². The monoisotopic (exact) mass is 441 g/mol. The lowest BCUT2D eigenvalue weighted by Crippen LogP contribution is -2.29. The van der Waals surface area contributed by atoms with E-state index >= 15 is 0 Å². The molecule has 3 aromatic carbocycles. The van der Waals surface area contributed by atoms with E-state index in [4.69, 9.17) is 0 Å². The normalized spacial score (nSPS) is 10.3. The molecule has 25 heavy (non-hydrogen) atoms. The quantitative estimate of drug-likeness (QED) is 0.466. The maximum absolute atomic E-state index is 12.2. The zero-order valence-electron chi connectivity index (χ0n) is 13.4. The van der Waals surface area contributed by atoms with Crippen LogP contribution in [0.5, 0.6) is 0 Å². The topological polar surface area (TPSA) is 46.2 Å². The number of nitrogens with one attached hydrogen (secondary N) is 1. The van der Waals surface area contributed by atoms with Crippen molar-refractivity contribution >= 4 is 34.3 Å². The summed E-state index contributed by atoms with van der Waals surface area (Å²) in [6.07, 6.45) is 0. The summed E-state index contributed by atoms with van der Waals surface area (Å²) >= 11 is 2.19. The third-order valence-electron chi connectivity index (χ3n) is 3.83. The Bertz CT molecular complexity index is 872. The van der Waals surface area contributed by atoms with Crippen LogP contribution in [-0.4, -0.2) is 18.2 Å². The van der Waals surface area contributed by atoms with Gasteiger partial charge < -0.3 is 5.32 Å². The van der Waals surface area contributed by atoms with Gasteiger partial charge in [-0.05, 0) is 58.0 Å². The highest BCUT2D eigenvalue weighted by molar-refractivity contribution is 14.1. The van der Waals surface area contributed by atoms with E-state index in [0.29, 0.717) is 11.1 Å². The van der Waals surface area contributed by atoms with Gasteiger partial charge in [0.15, 0.2) is 5.78 Å². The Morgan fingerprint density at radius 2 is 1.28 bits per heavy atom. The summed E-state index contributed by atoms with van der Waals surface area (Å²) in [5, 5.41) is 2.68. The Labute approximate surface area is 160 Å². The van der Waals surface area contributed by atoms with Crippen molar-refractivity contribution in [2.75, 3.05) is 6.54 Å². The first-order valence-electron chi connectivity index (χ1n) is 7.86. The highest BCUT2D eigenvalue weighted by Crippen LogP contribution is 2.19. The van der Waals surface area contributed by atoms with Gasteiger partial charge >= 0.3 is 0 Å². The molecule has 1 amide bonds. The molecule has 0 aromatic heterocycles. The maximum atomic E-state index is 12.2. The van der Waals surface area contributed by atoms with E-state index in [1.54, 1.807) is 24.3 Å². The second-order valence-corrected chi connectivity index (χ2v) is 6.80. The van der Waals surface area contributed by atoms with Crippen LogP contribution in [0.3, 0.4) is 0 Å². The first kappa shape index (κ1) is 17.4. The Kier molecular flexibility index (Phi) is 5.60. The summed E-state index contributed by atoms with van der Waals surface area (Å²) in [5.41, 5.74) is 3.28. The lowest BCUT2D eigenvalue weighted by molar-refractivity contribution is 0.0904. The minimum Gasteiger partial charge on any atom is -0.345 e. The number of benzene rings is 3. The predicted octanol–water partition coefficient (Wildman–Crippen LogP) is 4.57. The van der Waals surface area contributed by atoms with Crippen LogP contribution >= 0.6 is 22.6 Å². The van der Waals surface area contributed by atoms with E-state index < -0.39 is 0 Å². The number of amides is 1. The van der Waals surface area contributed by atoms with Crippen molar-refractivity contribution in [1.82, 2.24) is 5.32 Å². The molecule has 124 valence electrons. The highest BCUT2D eigenvalue weighted by Gasteiger charge is 2.10. The Balaban J connectivity index is 1.61. The Morgan fingerprint density at radius 1 is 0.720 bits per heavy atom. The molecule has 0 fully saturated rings. The summed E-state index contributed by atoms with van der Waals surface area (Å²) in [6, 6.07) is 24.6. The van der Waals surface area contributed by atoms with Gasteiger partial charge in [0.2, 0.25) is 0 Å². The van der Waals surface area contributed by atoms with Gasteiger partial charge in [-0.15, -0.1) is 0 Å². The SMILES string of the molecule is O=C(CNC(=O)c1ccc(-c2ccccc2)cc1)c1ccc(I)cc1. The Morgan fingerprint density at radius 3 is 1.92 bits per heavy atom. The van der Waals surface area contributed by atoms with Crippen LogP contribution in [0, 0.1) is 3.57 Å². The van der Waals surface area contributed by atoms with Crippen molar-refractivity contribution in [1.29, 1.82) is 0 Å². The molecule has 0 spiro atoms. The van der Waals surface area contributed by atoms with Crippen LogP contribution in [0.2, 0.25) is 0 Å². The van der Waals surface area contributed by atoms with E-state index in [-0.39, 0.29) is 18.2 Å². The van der Waals surface area contributed by atoms with Crippen molar-refractivity contribution in [3.63, 3.8) is 0 Å². The second kappa shape index (κ2) is 8.07. The molecule has 0 bridgehead atoms. The van der Waals surface area contributed by atoms with Gasteiger partial charge in [0.05, 0.1) is 6.54 Å². The fourth-order valence-corrected chi connectivity index (χ4v) is 2.80. The van der Waals surface area contributed by atoms with Crippen LogP contribution in [0.1, 0.15) is 20.7 Å². The number of ketones is 1. The Hall–Kier alpha value is -2.47. The van der Waals surface area contributed by atoms with Crippen LogP contribution in [-0.2, 0) is 0 Å².